The summed E-state index contributed by atoms with van der Waals surface area (Å²) in [5, 5.41) is 7.42. The molecule has 88 valence electrons. The van der Waals surface area contributed by atoms with Crippen LogP contribution >= 0.6 is 23.6 Å². The average Bonchev–Trinajstić information content (AvgIpc) is 2.83. The van der Waals surface area contributed by atoms with E-state index in [0.717, 1.165) is 0 Å². The van der Waals surface area contributed by atoms with E-state index in [1.165, 1.54) is 5.56 Å². The predicted octanol–water partition coefficient (Wildman–Crippen LogP) is 2.35. The van der Waals surface area contributed by atoms with Crippen molar-refractivity contribution < 1.29 is 0 Å². The van der Waals surface area contributed by atoms with Gasteiger partial charge in [0.1, 0.15) is 16.5 Å². The van der Waals surface area contributed by atoms with Gasteiger partial charge in [-0.1, -0.05) is 12.2 Å². The molecule has 2 aromatic rings. The van der Waals surface area contributed by atoms with E-state index in [2.05, 4.69) is 39.0 Å². The summed E-state index contributed by atoms with van der Waals surface area (Å²) in [6.45, 7) is 2.07. The number of aromatic nitrogens is 2. The highest BCUT2D eigenvalue weighted by Crippen LogP contribution is 2.19. The molecule has 0 radical (unpaired) electrons. The molecule has 0 bridgehead atoms. The Morgan fingerprint density at radius 1 is 1.47 bits per heavy atom. The third kappa shape index (κ3) is 2.98. The third-order valence-electron chi connectivity index (χ3n) is 2.31. The van der Waals surface area contributed by atoms with Crippen LogP contribution in [0, 0.1) is 0 Å². The summed E-state index contributed by atoms with van der Waals surface area (Å²) in [6, 6.07) is 2.28. The highest BCUT2D eigenvalue weighted by molar-refractivity contribution is 7.80. The van der Waals surface area contributed by atoms with E-state index in [0.29, 0.717) is 11.5 Å². The Balaban J connectivity index is 2.06. The number of hydrogen-bond acceptors (Lipinski definition) is 5. The maximum Gasteiger partial charge on any atom is 0.144 e. The van der Waals surface area contributed by atoms with Crippen LogP contribution in [0.3, 0.4) is 0 Å². The molecule has 0 amide bonds. The molecule has 0 aliphatic heterocycles. The van der Waals surface area contributed by atoms with E-state index in [1.807, 2.05) is 0 Å². The molecular formula is C11H12N4S2. The second-order valence-corrected chi connectivity index (χ2v) is 4.79. The van der Waals surface area contributed by atoms with Crippen molar-refractivity contribution in [2.45, 2.75) is 13.0 Å². The van der Waals surface area contributed by atoms with Gasteiger partial charge in [-0.15, -0.1) is 0 Å². The molecule has 6 heteroatoms. The number of nitrogens with zero attached hydrogens (tertiary/aromatic N) is 2. The molecule has 0 aliphatic rings. The lowest BCUT2D eigenvalue weighted by Gasteiger charge is -2.12. The molecule has 0 aromatic carbocycles. The molecule has 1 unspecified atom stereocenters. The lowest BCUT2D eigenvalue weighted by Crippen LogP contribution is -2.13. The molecule has 0 saturated heterocycles. The van der Waals surface area contributed by atoms with Crippen LogP contribution in [0.5, 0.6) is 0 Å². The maximum atomic E-state index is 5.45. The van der Waals surface area contributed by atoms with Crippen molar-refractivity contribution in [3.05, 3.63) is 40.5 Å². The molecule has 4 nitrogen and oxygen atoms in total. The van der Waals surface area contributed by atoms with E-state index in [9.17, 15) is 0 Å². The highest BCUT2D eigenvalue weighted by Gasteiger charge is 2.06. The Morgan fingerprint density at radius 2 is 2.29 bits per heavy atom. The van der Waals surface area contributed by atoms with Gasteiger partial charge in [0.05, 0.1) is 18.4 Å². The average molecular weight is 264 g/mol. The van der Waals surface area contributed by atoms with Crippen molar-refractivity contribution in [3.63, 3.8) is 0 Å². The fourth-order valence-electron chi connectivity index (χ4n) is 1.36. The summed E-state index contributed by atoms with van der Waals surface area (Å²) >= 11 is 6.49. The first kappa shape index (κ1) is 11.9. The van der Waals surface area contributed by atoms with Gasteiger partial charge in [0.2, 0.25) is 0 Å². The van der Waals surface area contributed by atoms with Gasteiger partial charge in [0, 0.05) is 0 Å². The molecule has 0 aliphatic carbocycles. The lowest BCUT2D eigenvalue weighted by molar-refractivity contribution is 0.876. The maximum absolute atomic E-state index is 5.45. The lowest BCUT2D eigenvalue weighted by atomic mass is 10.2. The van der Waals surface area contributed by atoms with Gasteiger partial charge in [-0.3, -0.25) is 0 Å². The van der Waals surface area contributed by atoms with Crippen molar-refractivity contribution in [3.8, 4) is 0 Å². The van der Waals surface area contributed by atoms with Crippen LogP contribution < -0.4 is 11.1 Å². The van der Waals surface area contributed by atoms with Gasteiger partial charge in [0.15, 0.2) is 0 Å². The van der Waals surface area contributed by atoms with E-state index >= 15 is 0 Å². The number of thiocarbonyl (C=S) groups is 1. The smallest absolute Gasteiger partial charge is 0.144 e. The van der Waals surface area contributed by atoms with Crippen molar-refractivity contribution in [1.29, 1.82) is 0 Å². The minimum absolute atomic E-state index is 0.200. The van der Waals surface area contributed by atoms with Gasteiger partial charge in [-0.25, -0.2) is 9.97 Å². The van der Waals surface area contributed by atoms with Crippen molar-refractivity contribution >= 4 is 34.4 Å². The molecule has 0 saturated carbocycles. The number of rotatable bonds is 4. The fourth-order valence-corrected chi connectivity index (χ4v) is 2.22. The molecule has 1 atom stereocenters. The number of thiophene rings is 1. The number of hydrogen-bond donors (Lipinski definition) is 2. The summed E-state index contributed by atoms with van der Waals surface area (Å²) in [5.41, 5.74) is 7.22. The fraction of sp³-hybridized carbons (Fsp3) is 0.182. The van der Waals surface area contributed by atoms with Crippen LogP contribution in [-0.4, -0.2) is 15.0 Å². The normalized spacial score (nSPS) is 12.1. The summed E-state index contributed by atoms with van der Waals surface area (Å²) in [5.74, 6) is 0.712. The van der Waals surface area contributed by atoms with Crippen molar-refractivity contribution in [1.82, 2.24) is 9.97 Å². The predicted molar refractivity (Wildman–Crippen MR) is 74.3 cm³/mol. The topological polar surface area (TPSA) is 63.8 Å². The Hall–Kier alpha value is -1.53. The van der Waals surface area contributed by atoms with Gasteiger partial charge in [-0.05, 0) is 29.3 Å². The zero-order valence-corrected chi connectivity index (χ0v) is 10.9. The highest BCUT2D eigenvalue weighted by atomic mass is 32.1. The van der Waals surface area contributed by atoms with Gasteiger partial charge in [-0.2, -0.15) is 11.3 Å². The van der Waals surface area contributed by atoms with Crippen LogP contribution in [0.1, 0.15) is 24.2 Å². The first-order valence-corrected chi connectivity index (χ1v) is 6.42. The standard InChI is InChI=1S/C11H12N4S2/c1-7(8-2-3-17-6-8)15-10-5-13-9(4-14-10)11(12)16/h2-7H,1H3,(H2,12,16)(H,14,15). The molecule has 0 spiro atoms. The number of anilines is 1. The summed E-state index contributed by atoms with van der Waals surface area (Å²) in [7, 11) is 0. The van der Waals surface area contributed by atoms with Crippen molar-refractivity contribution in [2.75, 3.05) is 5.32 Å². The van der Waals surface area contributed by atoms with E-state index in [4.69, 9.17) is 18.0 Å². The third-order valence-corrected chi connectivity index (χ3v) is 3.22. The molecule has 2 aromatic heterocycles. The van der Waals surface area contributed by atoms with Crippen LogP contribution in [0.15, 0.2) is 29.2 Å². The molecule has 17 heavy (non-hydrogen) atoms. The molecule has 2 heterocycles. The monoisotopic (exact) mass is 264 g/mol. The molecule has 0 fully saturated rings. The number of nitrogens with one attached hydrogen (secondary N) is 1. The largest absolute Gasteiger partial charge is 0.388 e. The van der Waals surface area contributed by atoms with Crippen molar-refractivity contribution in [2.24, 2.45) is 5.73 Å². The van der Waals surface area contributed by atoms with Gasteiger partial charge >= 0.3 is 0 Å². The van der Waals surface area contributed by atoms with E-state index in [-0.39, 0.29) is 11.0 Å². The summed E-state index contributed by atoms with van der Waals surface area (Å²) < 4.78 is 0. The first-order valence-electron chi connectivity index (χ1n) is 5.07. The quantitative estimate of drug-likeness (QED) is 0.830. The Labute approximate surface area is 109 Å². The molecule has 3 N–H and O–H groups in total. The zero-order valence-electron chi connectivity index (χ0n) is 9.25. The zero-order chi connectivity index (χ0) is 12.3. The Bertz CT molecular complexity index is 493. The molecule has 2 rings (SSSR count). The minimum Gasteiger partial charge on any atom is -0.388 e. The summed E-state index contributed by atoms with van der Waals surface area (Å²) in [6.07, 6.45) is 3.21. The van der Waals surface area contributed by atoms with Crippen LogP contribution in [0.2, 0.25) is 0 Å². The Morgan fingerprint density at radius 3 is 2.82 bits per heavy atom. The van der Waals surface area contributed by atoms with Gasteiger partial charge in [0.25, 0.3) is 0 Å². The Kier molecular flexibility index (Phi) is 3.65. The van der Waals surface area contributed by atoms with Gasteiger partial charge < -0.3 is 11.1 Å². The minimum atomic E-state index is 0.200. The van der Waals surface area contributed by atoms with Crippen LogP contribution in [0.4, 0.5) is 5.82 Å². The van der Waals surface area contributed by atoms with E-state index < -0.39 is 0 Å². The first-order chi connectivity index (χ1) is 8.16. The van der Waals surface area contributed by atoms with Crippen LogP contribution in [0.25, 0.3) is 0 Å². The number of nitrogens with two attached hydrogens (primary N) is 1. The second kappa shape index (κ2) is 5.20. The van der Waals surface area contributed by atoms with E-state index in [1.54, 1.807) is 23.7 Å². The molecular weight excluding hydrogens is 252 g/mol. The summed E-state index contributed by atoms with van der Waals surface area (Å²) in [4.78, 5) is 8.60. The SMILES string of the molecule is CC(Nc1cnc(C(N)=S)cn1)c1ccsc1. The van der Waals surface area contributed by atoms with Crippen LogP contribution in [-0.2, 0) is 0 Å². The second-order valence-electron chi connectivity index (χ2n) is 3.57.